The van der Waals surface area contributed by atoms with Crippen molar-refractivity contribution in [3.05, 3.63) is 18.5 Å². The van der Waals surface area contributed by atoms with Gasteiger partial charge in [0.25, 0.3) is 0 Å². The van der Waals surface area contributed by atoms with Crippen LogP contribution in [0.15, 0.2) is 18.5 Å². The molecule has 3 N–H and O–H groups in total. The molecule has 1 aromatic rings. The molecule has 2 atom stereocenters. The van der Waals surface area contributed by atoms with E-state index in [-0.39, 0.29) is 5.54 Å². The smallest absolute Gasteiger partial charge is 0.0736 e. The zero-order chi connectivity index (χ0) is 13.9. The van der Waals surface area contributed by atoms with Crippen molar-refractivity contribution in [2.75, 3.05) is 31.7 Å². The van der Waals surface area contributed by atoms with Crippen LogP contribution in [0.5, 0.6) is 0 Å². The average Bonchev–Trinajstić information content (AvgIpc) is 2.38. The molecule has 1 aromatic heterocycles. The monoisotopic (exact) mass is 262 g/mol. The highest BCUT2D eigenvalue weighted by Crippen LogP contribution is 2.36. The van der Waals surface area contributed by atoms with Gasteiger partial charge in [-0.25, -0.2) is 0 Å². The molecule has 2 unspecified atom stereocenters. The summed E-state index contributed by atoms with van der Waals surface area (Å²) in [6.45, 7) is 3.30. The number of aromatic nitrogens is 1. The van der Waals surface area contributed by atoms with E-state index in [2.05, 4.69) is 36.2 Å². The van der Waals surface area contributed by atoms with E-state index in [1.807, 2.05) is 6.07 Å². The first kappa shape index (κ1) is 14.1. The first-order chi connectivity index (χ1) is 9.03. The summed E-state index contributed by atoms with van der Waals surface area (Å²) in [5.74, 6) is 0.799. The van der Waals surface area contributed by atoms with Gasteiger partial charge in [-0.3, -0.25) is 4.98 Å². The Labute approximate surface area is 116 Å². The van der Waals surface area contributed by atoms with E-state index in [0.29, 0.717) is 0 Å². The number of likely N-dealkylation sites (N-methyl/N-ethyl adjacent to an activating group) is 1. The lowest BCUT2D eigenvalue weighted by molar-refractivity contribution is 0.0882. The van der Waals surface area contributed by atoms with Crippen molar-refractivity contribution in [1.29, 1.82) is 0 Å². The van der Waals surface area contributed by atoms with E-state index < -0.39 is 0 Å². The zero-order valence-corrected chi connectivity index (χ0v) is 12.3. The minimum atomic E-state index is 0.243. The largest absolute Gasteiger partial charge is 0.396 e. The minimum absolute atomic E-state index is 0.243. The molecule has 0 aromatic carbocycles. The number of anilines is 2. The van der Waals surface area contributed by atoms with Crippen LogP contribution in [-0.4, -0.2) is 36.1 Å². The third-order valence-corrected chi connectivity index (χ3v) is 4.48. The Morgan fingerprint density at radius 1 is 1.53 bits per heavy atom. The van der Waals surface area contributed by atoms with Crippen molar-refractivity contribution < 1.29 is 0 Å². The number of rotatable bonds is 4. The average molecular weight is 262 g/mol. The van der Waals surface area contributed by atoms with Gasteiger partial charge in [0.2, 0.25) is 0 Å². The molecular weight excluding hydrogens is 236 g/mol. The van der Waals surface area contributed by atoms with Gasteiger partial charge in [0.1, 0.15) is 0 Å². The van der Waals surface area contributed by atoms with Crippen LogP contribution in [-0.2, 0) is 0 Å². The number of hydrogen-bond donors (Lipinski definition) is 2. The first-order valence-electron chi connectivity index (χ1n) is 7.14. The summed E-state index contributed by atoms with van der Waals surface area (Å²) in [6, 6.07) is 1.95. The fourth-order valence-corrected chi connectivity index (χ4v) is 3.18. The second-order valence-corrected chi connectivity index (χ2v) is 6.14. The number of nitrogens with one attached hydrogen (secondary N) is 1. The Hall–Kier alpha value is -1.29. The summed E-state index contributed by atoms with van der Waals surface area (Å²) in [6.07, 6.45) is 8.65. The maximum Gasteiger partial charge on any atom is 0.0736 e. The molecule has 106 valence electrons. The highest BCUT2D eigenvalue weighted by molar-refractivity contribution is 5.64. The fourth-order valence-electron chi connectivity index (χ4n) is 3.18. The van der Waals surface area contributed by atoms with Crippen LogP contribution < -0.4 is 11.1 Å². The lowest BCUT2D eigenvalue weighted by Gasteiger charge is -2.45. The topological polar surface area (TPSA) is 54.2 Å². The van der Waals surface area contributed by atoms with Gasteiger partial charge in [0, 0.05) is 18.3 Å². The van der Waals surface area contributed by atoms with Crippen molar-refractivity contribution >= 4 is 11.4 Å². The van der Waals surface area contributed by atoms with Gasteiger partial charge in [0.05, 0.1) is 17.6 Å². The lowest BCUT2D eigenvalue weighted by atomic mass is 9.75. The molecule has 0 saturated heterocycles. The molecule has 1 aliphatic rings. The van der Waals surface area contributed by atoms with Crippen LogP contribution in [0, 0.1) is 5.92 Å². The molecule has 0 spiro atoms. The Kier molecular flexibility index (Phi) is 4.30. The predicted molar refractivity (Wildman–Crippen MR) is 81.2 cm³/mol. The van der Waals surface area contributed by atoms with Crippen molar-refractivity contribution in [2.45, 2.75) is 38.1 Å². The van der Waals surface area contributed by atoms with E-state index in [1.165, 1.54) is 25.7 Å². The molecule has 0 radical (unpaired) electrons. The van der Waals surface area contributed by atoms with Crippen LogP contribution in [0.3, 0.4) is 0 Å². The molecule has 2 rings (SSSR count). The maximum atomic E-state index is 5.94. The van der Waals surface area contributed by atoms with Crippen LogP contribution in [0.25, 0.3) is 0 Å². The van der Waals surface area contributed by atoms with Gasteiger partial charge < -0.3 is 16.0 Å². The van der Waals surface area contributed by atoms with Crippen molar-refractivity contribution in [2.24, 2.45) is 5.92 Å². The van der Waals surface area contributed by atoms with Gasteiger partial charge >= 0.3 is 0 Å². The van der Waals surface area contributed by atoms with Crippen LogP contribution in [0.4, 0.5) is 11.4 Å². The van der Waals surface area contributed by atoms with E-state index in [0.717, 1.165) is 23.8 Å². The summed E-state index contributed by atoms with van der Waals surface area (Å²) in [7, 11) is 4.38. The molecular formula is C15H26N4. The summed E-state index contributed by atoms with van der Waals surface area (Å²) in [5.41, 5.74) is 7.90. The normalized spacial score (nSPS) is 27.5. The van der Waals surface area contributed by atoms with E-state index in [9.17, 15) is 0 Å². The number of hydrogen-bond acceptors (Lipinski definition) is 4. The third-order valence-electron chi connectivity index (χ3n) is 4.48. The van der Waals surface area contributed by atoms with E-state index in [1.54, 1.807) is 12.4 Å². The van der Waals surface area contributed by atoms with Crippen LogP contribution in [0.1, 0.15) is 32.6 Å². The highest BCUT2D eigenvalue weighted by Gasteiger charge is 2.36. The molecule has 1 fully saturated rings. The number of nitrogens with zero attached hydrogens (tertiary/aromatic N) is 2. The summed E-state index contributed by atoms with van der Waals surface area (Å²) < 4.78 is 0. The predicted octanol–water partition coefficient (Wildman–Crippen LogP) is 2.59. The van der Waals surface area contributed by atoms with Gasteiger partial charge in [-0.05, 0) is 38.9 Å². The summed E-state index contributed by atoms with van der Waals surface area (Å²) in [4.78, 5) is 6.41. The Morgan fingerprint density at radius 3 is 2.95 bits per heavy atom. The van der Waals surface area contributed by atoms with Crippen LogP contribution in [0.2, 0.25) is 0 Å². The second-order valence-electron chi connectivity index (χ2n) is 6.14. The Balaban J connectivity index is 2.07. The Morgan fingerprint density at radius 2 is 2.32 bits per heavy atom. The zero-order valence-electron chi connectivity index (χ0n) is 12.3. The van der Waals surface area contributed by atoms with Crippen molar-refractivity contribution in [3.8, 4) is 0 Å². The van der Waals surface area contributed by atoms with Gasteiger partial charge in [-0.15, -0.1) is 0 Å². The molecule has 0 amide bonds. The molecule has 1 aliphatic carbocycles. The fraction of sp³-hybridized carbons (Fsp3) is 0.667. The molecule has 1 saturated carbocycles. The van der Waals surface area contributed by atoms with E-state index >= 15 is 0 Å². The SMILES string of the molecule is CC1CCCC(CNc2ccncc2N)(N(C)C)C1. The minimum Gasteiger partial charge on any atom is -0.396 e. The lowest BCUT2D eigenvalue weighted by Crippen LogP contribution is -2.52. The van der Waals surface area contributed by atoms with Gasteiger partial charge in [0.15, 0.2) is 0 Å². The van der Waals surface area contributed by atoms with Crippen molar-refractivity contribution in [3.63, 3.8) is 0 Å². The third kappa shape index (κ3) is 3.18. The maximum absolute atomic E-state index is 5.94. The van der Waals surface area contributed by atoms with E-state index in [4.69, 9.17) is 5.73 Å². The standard InChI is InChI=1S/C15H26N4/c1-12-5-4-7-15(9-12,19(2)3)11-18-14-6-8-17-10-13(14)16/h6,8,10,12H,4-5,7,9,11,16H2,1-3H3,(H,17,18). The molecule has 1 heterocycles. The summed E-state index contributed by atoms with van der Waals surface area (Å²) >= 11 is 0. The molecule has 0 aliphatic heterocycles. The van der Waals surface area contributed by atoms with Crippen LogP contribution >= 0.6 is 0 Å². The Bertz CT molecular complexity index is 418. The number of nitrogens with two attached hydrogens (primary N) is 1. The van der Waals surface area contributed by atoms with Gasteiger partial charge in [-0.1, -0.05) is 19.8 Å². The van der Waals surface area contributed by atoms with Crippen molar-refractivity contribution in [1.82, 2.24) is 9.88 Å². The quantitative estimate of drug-likeness (QED) is 0.875. The second kappa shape index (κ2) is 5.78. The number of nitrogen functional groups attached to an aromatic ring is 1. The molecule has 4 nitrogen and oxygen atoms in total. The van der Waals surface area contributed by atoms with Gasteiger partial charge in [-0.2, -0.15) is 0 Å². The molecule has 0 bridgehead atoms. The molecule has 19 heavy (non-hydrogen) atoms. The number of pyridine rings is 1. The highest BCUT2D eigenvalue weighted by atomic mass is 15.2. The summed E-state index contributed by atoms with van der Waals surface area (Å²) in [5, 5.41) is 3.52. The molecule has 4 heteroatoms. The first-order valence-corrected chi connectivity index (χ1v) is 7.14.